The Balaban J connectivity index is 2.49. The molecule has 0 saturated heterocycles. The fourth-order valence-corrected chi connectivity index (χ4v) is 3.27. The Kier molecular flexibility index (Phi) is 5.99. The van der Waals surface area contributed by atoms with E-state index in [-0.39, 0.29) is 11.1 Å². The molecule has 0 aromatic heterocycles. The van der Waals surface area contributed by atoms with Crippen molar-refractivity contribution in [1.82, 2.24) is 5.32 Å². The van der Waals surface area contributed by atoms with Crippen LogP contribution in [-0.2, 0) is 11.0 Å². The van der Waals surface area contributed by atoms with Crippen LogP contribution in [0.4, 0.5) is 0 Å². The van der Waals surface area contributed by atoms with Crippen LogP contribution in [0.25, 0.3) is 0 Å². The highest BCUT2D eigenvalue weighted by Crippen LogP contribution is 2.37. The molecular formula is C17H31NOSi. The number of hydrogen-bond donors (Lipinski definition) is 1. The van der Waals surface area contributed by atoms with Gasteiger partial charge in [0.2, 0.25) is 0 Å². The molecule has 2 atom stereocenters. The minimum atomic E-state index is -1.68. The Bertz CT molecular complexity index is 397. The molecule has 20 heavy (non-hydrogen) atoms. The molecule has 0 aliphatic carbocycles. The quantitative estimate of drug-likeness (QED) is 0.775. The van der Waals surface area contributed by atoms with E-state index < -0.39 is 8.32 Å². The van der Waals surface area contributed by atoms with E-state index in [2.05, 4.69) is 83.4 Å². The summed E-state index contributed by atoms with van der Waals surface area (Å²) in [5.41, 5.74) is 1.32. The van der Waals surface area contributed by atoms with Gasteiger partial charge in [-0.1, -0.05) is 51.1 Å². The van der Waals surface area contributed by atoms with E-state index in [0.717, 1.165) is 6.54 Å². The molecule has 0 fully saturated rings. The molecule has 114 valence electrons. The van der Waals surface area contributed by atoms with Gasteiger partial charge in [-0.15, -0.1) is 0 Å². The lowest BCUT2D eigenvalue weighted by Gasteiger charge is -2.40. The minimum Gasteiger partial charge on any atom is -0.413 e. The minimum absolute atomic E-state index is 0.236. The Morgan fingerprint density at radius 1 is 1.10 bits per heavy atom. The summed E-state index contributed by atoms with van der Waals surface area (Å²) in [4.78, 5) is 0. The topological polar surface area (TPSA) is 21.3 Å². The first-order valence-corrected chi connectivity index (χ1v) is 10.5. The summed E-state index contributed by atoms with van der Waals surface area (Å²) >= 11 is 0. The van der Waals surface area contributed by atoms with E-state index in [1.807, 2.05) is 0 Å². The molecule has 2 nitrogen and oxygen atoms in total. The van der Waals surface area contributed by atoms with Crippen molar-refractivity contribution >= 4 is 8.32 Å². The summed E-state index contributed by atoms with van der Waals surface area (Å²) in [5, 5.41) is 3.83. The zero-order valence-electron chi connectivity index (χ0n) is 14.2. The highest BCUT2D eigenvalue weighted by atomic mass is 28.4. The Labute approximate surface area is 126 Å². The van der Waals surface area contributed by atoms with E-state index in [0.29, 0.717) is 6.04 Å². The summed E-state index contributed by atoms with van der Waals surface area (Å²) in [6.45, 7) is 16.8. The summed E-state index contributed by atoms with van der Waals surface area (Å²) < 4.78 is 6.43. The summed E-state index contributed by atoms with van der Waals surface area (Å²) in [7, 11) is -1.68. The molecule has 0 spiro atoms. The van der Waals surface area contributed by atoms with Crippen molar-refractivity contribution in [3.63, 3.8) is 0 Å². The molecule has 0 amide bonds. The Morgan fingerprint density at radius 3 is 2.15 bits per heavy atom. The molecule has 1 N–H and O–H groups in total. The van der Waals surface area contributed by atoms with Crippen LogP contribution in [0.15, 0.2) is 30.3 Å². The van der Waals surface area contributed by atoms with Gasteiger partial charge in [-0.25, -0.2) is 0 Å². The molecule has 0 heterocycles. The zero-order valence-corrected chi connectivity index (χ0v) is 15.2. The maximum atomic E-state index is 6.43. The smallest absolute Gasteiger partial charge is 0.192 e. The first-order valence-electron chi connectivity index (χ1n) is 7.58. The van der Waals surface area contributed by atoms with Crippen molar-refractivity contribution in [2.24, 2.45) is 0 Å². The predicted molar refractivity (Wildman–Crippen MR) is 90.5 cm³/mol. The van der Waals surface area contributed by atoms with Crippen LogP contribution in [0, 0.1) is 0 Å². The van der Waals surface area contributed by atoms with Crippen LogP contribution in [0.3, 0.4) is 0 Å². The largest absolute Gasteiger partial charge is 0.413 e. The zero-order chi connectivity index (χ0) is 15.4. The highest BCUT2D eigenvalue weighted by Gasteiger charge is 2.39. The first kappa shape index (κ1) is 17.4. The molecule has 0 aliphatic rings. The van der Waals surface area contributed by atoms with E-state index >= 15 is 0 Å². The molecule has 0 saturated carbocycles. The first-order chi connectivity index (χ1) is 9.13. The van der Waals surface area contributed by atoms with Gasteiger partial charge in [0.05, 0.1) is 6.10 Å². The van der Waals surface area contributed by atoms with Gasteiger partial charge in [-0.05, 0) is 37.5 Å². The summed E-state index contributed by atoms with van der Waals surface area (Å²) in [5.74, 6) is 0. The highest BCUT2D eigenvalue weighted by molar-refractivity contribution is 6.74. The normalized spacial score (nSPS) is 15.9. The molecule has 0 aliphatic heterocycles. The molecule has 0 radical (unpaired) electrons. The second-order valence-electron chi connectivity index (χ2n) is 7.24. The standard InChI is InChI=1S/C17H31NOSi/c1-14(18-13-16-11-9-8-10-12-16)15(2)19-20(6,7)17(3,4)5/h8-12,14-15,18H,13H2,1-7H3/t14-,15-/m1/s1. The van der Waals surface area contributed by atoms with Crippen LogP contribution < -0.4 is 5.32 Å². The van der Waals surface area contributed by atoms with Gasteiger partial charge in [0.25, 0.3) is 0 Å². The maximum Gasteiger partial charge on any atom is 0.192 e. The molecule has 0 unspecified atom stereocenters. The lowest BCUT2D eigenvalue weighted by Crippen LogP contribution is -2.48. The molecule has 0 bridgehead atoms. The van der Waals surface area contributed by atoms with Crippen molar-refractivity contribution in [3.8, 4) is 0 Å². The van der Waals surface area contributed by atoms with E-state index in [1.54, 1.807) is 0 Å². The lowest BCUT2D eigenvalue weighted by atomic mass is 10.2. The van der Waals surface area contributed by atoms with Gasteiger partial charge in [0.15, 0.2) is 8.32 Å². The fraction of sp³-hybridized carbons (Fsp3) is 0.647. The van der Waals surface area contributed by atoms with Crippen molar-refractivity contribution in [2.45, 2.75) is 71.4 Å². The van der Waals surface area contributed by atoms with E-state index in [4.69, 9.17) is 4.43 Å². The lowest BCUT2D eigenvalue weighted by molar-refractivity contribution is 0.158. The van der Waals surface area contributed by atoms with Crippen molar-refractivity contribution in [1.29, 1.82) is 0 Å². The third-order valence-corrected chi connectivity index (χ3v) is 9.04. The third kappa shape index (κ3) is 5.04. The van der Waals surface area contributed by atoms with Crippen LogP contribution in [0.1, 0.15) is 40.2 Å². The average Bonchev–Trinajstić information content (AvgIpc) is 2.35. The van der Waals surface area contributed by atoms with E-state index in [1.165, 1.54) is 5.56 Å². The van der Waals surface area contributed by atoms with Crippen molar-refractivity contribution < 1.29 is 4.43 Å². The molecular weight excluding hydrogens is 262 g/mol. The van der Waals surface area contributed by atoms with Crippen LogP contribution in [-0.4, -0.2) is 20.5 Å². The average molecular weight is 294 g/mol. The Morgan fingerprint density at radius 2 is 1.65 bits per heavy atom. The molecule has 1 aromatic rings. The van der Waals surface area contributed by atoms with Gasteiger partial charge in [0, 0.05) is 12.6 Å². The summed E-state index contributed by atoms with van der Waals surface area (Å²) in [6, 6.07) is 10.9. The fourth-order valence-electron chi connectivity index (χ4n) is 1.78. The monoisotopic (exact) mass is 293 g/mol. The van der Waals surface area contributed by atoms with Crippen LogP contribution in [0.5, 0.6) is 0 Å². The number of hydrogen-bond acceptors (Lipinski definition) is 2. The van der Waals surface area contributed by atoms with Gasteiger partial charge >= 0.3 is 0 Å². The third-order valence-electron chi connectivity index (χ3n) is 4.46. The van der Waals surface area contributed by atoms with Gasteiger partial charge < -0.3 is 9.74 Å². The van der Waals surface area contributed by atoms with E-state index in [9.17, 15) is 0 Å². The summed E-state index contributed by atoms with van der Waals surface area (Å²) in [6.07, 6.45) is 0.236. The van der Waals surface area contributed by atoms with Crippen LogP contribution >= 0.6 is 0 Å². The van der Waals surface area contributed by atoms with Gasteiger partial charge in [-0.3, -0.25) is 0 Å². The number of benzene rings is 1. The van der Waals surface area contributed by atoms with Gasteiger partial charge in [0.1, 0.15) is 0 Å². The number of rotatable bonds is 6. The van der Waals surface area contributed by atoms with Crippen LogP contribution in [0.2, 0.25) is 18.1 Å². The molecule has 1 aromatic carbocycles. The van der Waals surface area contributed by atoms with Crippen molar-refractivity contribution in [3.05, 3.63) is 35.9 Å². The predicted octanol–water partition coefficient (Wildman–Crippen LogP) is 4.58. The Hall–Kier alpha value is -0.643. The van der Waals surface area contributed by atoms with Crippen molar-refractivity contribution in [2.75, 3.05) is 0 Å². The second-order valence-corrected chi connectivity index (χ2v) is 12.0. The molecule has 3 heteroatoms. The number of nitrogens with one attached hydrogen (secondary N) is 1. The SMILES string of the molecule is C[C@@H](NCc1ccccc1)[C@@H](C)O[Si](C)(C)C(C)(C)C. The van der Waals surface area contributed by atoms with Gasteiger partial charge in [-0.2, -0.15) is 0 Å². The second kappa shape index (κ2) is 6.88. The maximum absolute atomic E-state index is 6.43. The molecule has 1 rings (SSSR count).